The lowest BCUT2D eigenvalue weighted by molar-refractivity contribution is 0.176. The molecule has 0 saturated carbocycles. The SMILES string of the molecule is COc1ccc(O[C@H](C)[C@@H]2CO2)cc1. The molecule has 2 rings (SSSR count). The molecule has 2 atom stereocenters. The van der Waals surface area contributed by atoms with Crippen LogP contribution in [0.15, 0.2) is 24.3 Å². The van der Waals surface area contributed by atoms with Crippen LogP contribution >= 0.6 is 0 Å². The van der Waals surface area contributed by atoms with E-state index in [0.717, 1.165) is 18.1 Å². The summed E-state index contributed by atoms with van der Waals surface area (Å²) in [7, 11) is 1.65. The Morgan fingerprint density at radius 2 is 1.86 bits per heavy atom. The van der Waals surface area contributed by atoms with Crippen LogP contribution < -0.4 is 9.47 Å². The fraction of sp³-hybridized carbons (Fsp3) is 0.455. The summed E-state index contributed by atoms with van der Waals surface area (Å²) in [6.07, 6.45) is 0.403. The molecule has 0 unspecified atom stereocenters. The molecule has 0 amide bonds. The molecule has 1 fully saturated rings. The van der Waals surface area contributed by atoms with Gasteiger partial charge in [0.1, 0.15) is 23.7 Å². The lowest BCUT2D eigenvalue weighted by Gasteiger charge is -2.12. The lowest BCUT2D eigenvalue weighted by Crippen LogP contribution is -2.18. The third-order valence-electron chi connectivity index (χ3n) is 2.26. The summed E-state index contributed by atoms with van der Waals surface area (Å²) in [5.74, 6) is 1.70. The summed E-state index contributed by atoms with van der Waals surface area (Å²) < 4.78 is 15.8. The first-order chi connectivity index (χ1) is 6.79. The molecule has 0 radical (unpaired) electrons. The zero-order valence-electron chi connectivity index (χ0n) is 8.40. The Labute approximate surface area is 83.6 Å². The van der Waals surface area contributed by atoms with Crippen molar-refractivity contribution in [3.8, 4) is 11.5 Å². The molecule has 0 aromatic heterocycles. The van der Waals surface area contributed by atoms with Crippen LogP contribution in [-0.4, -0.2) is 25.9 Å². The number of hydrogen-bond acceptors (Lipinski definition) is 3. The average Bonchev–Trinajstić information content (AvgIpc) is 3.02. The Bertz CT molecular complexity index is 290. The van der Waals surface area contributed by atoms with Crippen molar-refractivity contribution in [3.63, 3.8) is 0 Å². The standard InChI is InChI=1S/C11H14O3/c1-8(11-7-13-11)14-10-5-3-9(12-2)4-6-10/h3-6,8,11H,7H2,1-2H3/t8-,11+/m1/s1. The summed E-state index contributed by atoms with van der Waals surface area (Å²) in [6.45, 7) is 2.83. The monoisotopic (exact) mass is 194 g/mol. The smallest absolute Gasteiger partial charge is 0.124 e. The Morgan fingerprint density at radius 3 is 2.36 bits per heavy atom. The number of methoxy groups -OCH3 is 1. The van der Waals surface area contributed by atoms with Gasteiger partial charge in [0.25, 0.3) is 0 Å². The molecular formula is C11H14O3. The van der Waals surface area contributed by atoms with E-state index < -0.39 is 0 Å². The van der Waals surface area contributed by atoms with Crippen LogP contribution in [0.1, 0.15) is 6.92 Å². The van der Waals surface area contributed by atoms with E-state index in [1.165, 1.54) is 0 Å². The highest BCUT2D eigenvalue weighted by atomic mass is 16.6. The van der Waals surface area contributed by atoms with Crippen molar-refractivity contribution < 1.29 is 14.2 Å². The van der Waals surface area contributed by atoms with Gasteiger partial charge >= 0.3 is 0 Å². The second kappa shape index (κ2) is 3.88. The maximum Gasteiger partial charge on any atom is 0.124 e. The van der Waals surface area contributed by atoms with Crippen molar-refractivity contribution >= 4 is 0 Å². The van der Waals surface area contributed by atoms with Gasteiger partial charge in [-0.25, -0.2) is 0 Å². The van der Waals surface area contributed by atoms with Gasteiger partial charge in [-0.05, 0) is 31.2 Å². The maximum absolute atomic E-state index is 5.66. The van der Waals surface area contributed by atoms with Crippen molar-refractivity contribution in [1.29, 1.82) is 0 Å². The Hall–Kier alpha value is -1.22. The van der Waals surface area contributed by atoms with Crippen LogP contribution in [0.3, 0.4) is 0 Å². The molecule has 0 bridgehead atoms. The fourth-order valence-electron chi connectivity index (χ4n) is 1.27. The fourth-order valence-corrected chi connectivity index (χ4v) is 1.27. The first-order valence-corrected chi connectivity index (χ1v) is 4.72. The Morgan fingerprint density at radius 1 is 1.29 bits per heavy atom. The number of rotatable bonds is 4. The normalized spacial score (nSPS) is 21.4. The second-order valence-electron chi connectivity index (χ2n) is 3.37. The van der Waals surface area contributed by atoms with E-state index in [1.807, 2.05) is 31.2 Å². The molecule has 76 valence electrons. The van der Waals surface area contributed by atoms with E-state index in [2.05, 4.69) is 0 Å². The quantitative estimate of drug-likeness (QED) is 0.685. The van der Waals surface area contributed by atoms with E-state index in [-0.39, 0.29) is 12.2 Å². The number of hydrogen-bond donors (Lipinski definition) is 0. The van der Waals surface area contributed by atoms with Crippen molar-refractivity contribution in [2.45, 2.75) is 19.1 Å². The summed E-state index contributed by atoms with van der Waals surface area (Å²) in [5, 5.41) is 0. The minimum atomic E-state index is 0.128. The molecule has 0 spiro atoms. The van der Waals surface area contributed by atoms with E-state index >= 15 is 0 Å². The summed E-state index contributed by atoms with van der Waals surface area (Å²) in [4.78, 5) is 0. The molecule has 1 saturated heterocycles. The zero-order chi connectivity index (χ0) is 9.97. The third-order valence-corrected chi connectivity index (χ3v) is 2.26. The number of benzene rings is 1. The van der Waals surface area contributed by atoms with Gasteiger partial charge in [0.05, 0.1) is 13.7 Å². The molecule has 1 aliphatic rings. The van der Waals surface area contributed by atoms with Crippen molar-refractivity contribution in [3.05, 3.63) is 24.3 Å². The molecule has 3 nitrogen and oxygen atoms in total. The topological polar surface area (TPSA) is 31.0 Å². The largest absolute Gasteiger partial charge is 0.497 e. The van der Waals surface area contributed by atoms with Gasteiger partial charge in [-0.2, -0.15) is 0 Å². The molecule has 1 aromatic carbocycles. The van der Waals surface area contributed by atoms with Crippen LogP contribution in [0, 0.1) is 0 Å². The molecule has 1 heterocycles. The van der Waals surface area contributed by atoms with Gasteiger partial charge in [0.2, 0.25) is 0 Å². The van der Waals surface area contributed by atoms with Crippen LogP contribution in [0.25, 0.3) is 0 Å². The Balaban J connectivity index is 1.95. The van der Waals surface area contributed by atoms with Gasteiger partial charge in [-0.3, -0.25) is 0 Å². The Kier molecular flexibility index (Phi) is 2.59. The predicted octanol–water partition coefficient (Wildman–Crippen LogP) is 1.86. The molecule has 0 N–H and O–H groups in total. The van der Waals surface area contributed by atoms with Crippen molar-refractivity contribution in [2.75, 3.05) is 13.7 Å². The minimum Gasteiger partial charge on any atom is -0.497 e. The van der Waals surface area contributed by atoms with E-state index in [9.17, 15) is 0 Å². The third kappa shape index (κ3) is 2.17. The minimum absolute atomic E-state index is 0.128. The zero-order valence-corrected chi connectivity index (χ0v) is 8.40. The number of epoxide rings is 1. The van der Waals surface area contributed by atoms with Gasteiger partial charge < -0.3 is 14.2 Å². The molecule has 3 heteroatoms. The van der Waals surface area contributed by atoms with E-state index in [0.29, 0.717) is 0 Å². The van der Waals surface area contributed by atoms with Crippen LogP contribution in [0.2, 0.25) is 0 Å². The molecular weight excluding hydrogens is 180 g/mol. The molecule has 1 aliphatic heterocycles. The second-order valence-corrected chi connectivity index (χ2v) is 3.37. The maximum atomic E-state index is 5.66. The average molecular weight is 194 g/mol. The molecule has 14 heavy (non-hydrogen) atoms. The lowest BCUT2D eigenvalue weighted by atomic mass is 10.3. The van der Waals surface area contributed by atoms with Crippen molar-refractivity contribution in [1.82, 2.24) is 0 Å². The summed E-state index contributed by atoms with van der Waals surface area (Å²) >= 11 is 0. The number of ether oxygens (including phenoxy) is 3. The first kappa shape index (κ1) is 9.34. The van der Waals surface area contributed by atoms with Gasteiger partial charge in [0.15, 0.2) is 0 Å². The molecule has 0 aliphatic carbocycles. The predicted molar refractivity (Wildman–Crippen MR) is 52.8 cm³/mol. The molecule has 1 aromatic rings. The van der Waals surface area contributed by atoms with Crippen LogP contribution in [-0.2, 0) is 4.74 Å². The highest BCUT2D eigenvalue weighted by molar-refractivity contribution is 5.31. The van der Waals surface area contributed by atoms with Gasteiger partial charge in [-0.1, -0.05) is 0 Å². The van der Waals surface area contributed by atoms with Gasteiger partial charge in [0, 0.05) is 0 Å². The summed E-state index contributed by atoms with van der Waals surface area (Å²) in [6, 6.07) is 7.57. The highest BCUT2D eigenvalue weighted by Gasteiger charge is 2.30. The van der Waals surface area contributed by atoms with Crippen LogP contribution in [0.5, 0.6) is 11.5 Å². The highest BCUT2D eigenvalue weighted by Crippen LogP contribution is 2.22. The van der Waals surface area contributed by atoms with E-state index in [1.54, 1.807) is 7.11 Å². The van der Waals surface area contributed by atoms with E-state index in [4.69, 9.17) is 14.2 Å². The first-order valence-electron chi connectivity index (χ1n) is 4.72. The van der Waals surface area contributed by atoms with Crippen molar-refractivity contribution in [2.24, 2.45) is 0 Å². The summed E-state index contributed by atoms with van der Waals surface area (Å²) in [5.41, 5.74) is 0. The van der Waals surface area contributed by atoms with Gasteiger partial charge in [-0.15, -0.1) is 0 Å². The van der Waals surface area contributed by atoms with Crippen LogP contribution in [0.4, 0.5) is 0 Å².